The summed E-state index contributed by atoms with van der Waals surface area (Å²) >= 11 is 5.75. The first-order chi connectivity index (χ1) is 17.3. The number of hydrogen-bond donors (Lipinski definition) is 3. The number of nitro benzene ring substituents is 1. The summed E-state index contributed by atoms with van der Waals surface area (Å²) in [5.74, 6) is -2.03. The van der Waals surface area contributed by atoms with Gasteiger partial charge in [0.2, 0.25) is 0 Å². The Kier molecular flexibility index (Phi) is 8.68. The van der Waals surface area contributed by atoms with Gasteiger partial charge >= 0.3 is 11.8 Å². The second kappa shape index (κ2) is 12.1. The van der Waals surface area contributed by atoms with E-state index in [1.807, 2.05) is 12.3 Å². The molecule has 0 bridgehead atoms. The summed E-state index contributed by atoms with van der Waals surface area (Å²) in [7, 11) is 0. The van der Waals surface area contributed by atoms with E-state index in [1.54, 1.807) is 36.4 Å². The molecule has 3 aromatic carbocycles. The largest absolute Gasteiger partial charge is 0.494 e. The molecular weight excluding hydrogens is 490 g/mol. The van der Waals surface area contributed by atoms with Crippen LogP contribution in [0.15, 0.2) is 71.8 Å². The second-order valence-electron chi connectivity index (χ2n) is 7.08. The highest BCUT2D eigenvalue weighted by Gasteiger charge is 2.18. The van der Waals surface area contributed by atoms with E-state index in [0.29, 0.717) is 18.0 Å². The quantitative estimate of drug-likeness (QED) is 0.181. The molecule has 3 N–H and O–H groups in total. The Morgan fingerprint density at radius 3 is 2.44 bits per heavy atom. The van der Waals surface area contributed by atoms with Gasteiger partial charge in [-0.3, -0.25) is 24.5 Å². The molecule has 36 heavy (non-hydrogen) atoms. The van der Waals surface area contributed by atoms with Crippen molar-refractivity contribution in [2.24, 2.45) is 5.10 Å². The van der Waals surface area contributed by atoms with Crippen LogP contribution in [0.3, 0.4) is 0 Å². The molecule has 0 aliphatic heterocycles. The Labute approximate surface area is 210 Å². The van der Waals surface area contributed by atoms with E-state index in [1.165, 1.54) is 24.3 Å². The fourth-order valence-corrected chi connectivity index (χ4v) is 3.12. The zero-order chi connectivity index (χ0) is 26.1. The molecule has 0 aliphatic rings. The van der Waals surface area contributed by atoms with E-state index < -0.39 is 22.6 Å². The number of nitrogens with one attached hydrogen (secondary N) is 3. The Bertz CT molecular complexity index is 1330. The fourth-order valence-electron chi connectivity index (χ4n) is 2.93. The van der Waals surface area contributed by atoms with Crippen LogP contribution in [0.2, 0.25) is 5.02 Å². The first-order valence-corrected chi connectivity index (χ1v) is 10.9. The van der Waals surface area contributed by atoms with Crippen molar-refractivity contribution >= 4 is 52.6 Å². The summed E-state index contributed by atoms with van der Waals surface area (Å²) in [6, 6.07) is 16.8. The van der Waals surface area contributed by atoms with Gasteiger partial charge in [0.1, 0.15) is 10.8 Å². The van der Waals surface area contributed by atoms with Crippen molar-refractivity contribution < 1.29 is 24.0 Å². The minimum absolute atomic E-state index is 0.0502. The molecule has 0 spiro atoms. The number of anilines is 2. The van der Waals surface area contributed by atoms with E-state index >= 15 is 0 Å². The van der Waals surface area contributed by atoms with Crippen LogP contribution in [-0.4, -0.2) is 35.5 Å². The van der Waals surface area contributed by atoms with Crippen molar-refractivity contribution in [3.63, 3.8) is 0 Å². The monoisotopic (exact) mass is 509 g/mol. The molecular formula is C24H20ClN5O6. The Hall–Kier alpha value is -4.77. The van der Waals surface area contributed by atoms with Gasteiger partial charge in [0, 0.05) is 17.3 Å². The Balaban J connectivity index is 1.63. The number of nitrogens with zero attached hydrogens (tertiary/aromatic N) is 2. The first-order valence-electron chi connectivity index (χ1n) is 10.5. The molecule has 3 amide bonds. The van der Waals surface area contributed by atoms with Crippen molar-refractivity contribution in [3.8, 4) is 5.75 Å². The maximum absolute atomic E-state index is 12.8. The highest BCUT2D eigenvalue weighted by Crippen LogP contribution is 2.24. The number of ether oxygens (including phenoxy) is 1. The molecule has 0 radical (unpaired) electrons. The second-order valence-corrected chi connectivity index (χ2v) is 7.49. The first kappa shape index (κ1) is 25.8. The number of carbonyl (C=O) groups is 3. The van der Waals surface area contributed by atoms with Gasteiger partial charge in [-0.1, -0.05) is 29.8 Å². The molecule has 0 saturated heterocycles. The average Bonchev–Trinajstić information content (AvgIpc) is 2.86. The number of hydrazone groups is 1. The summed E-state index contributed by atoms with van der Waals surface area (Å²) in [5, 5.41) is 19.6. The molecule has 12 heteroatoms. The third-order valence-electron chi connectivity index (χ3n) is 4.60. The summed E-state index contributed by atoms with van der Waals surface area (Å²) in [6.07, 6.45) is 1.12. The van der Waals surface area contributed by atoms with Gasteiger partial charge in [0.05, 0.1) is 29.0 Å². The number of carbonyl (C=O) groups excluding carboxylic acids is 3. The number of halogens is 1. The van der Waals surface area contributed by atoms with Gasteiger partial charge in [0.25, 0.3) is 11.6 Å². The van der Waals surface area contributed by atoms with E-state index in [0.717, 1.165) is 12.3 Å². The minimum Gasteiger partial charge on any atom is -0.494 e. The lowest BCUT2D eigenvalue weighted by molar-refractivity contribution is -0.384. The van der Waals surface area contributed by atoms with Gasteiger partial charge in [0.15, 0.2) is 0 Å². The topological polar surface area (TPSA) is 152 Å². The number of hydrogen-bond acceptors (Lipinski definition) is 7. The summed E-state index contributed by atoms with van der Waals surface area (Å²) in [4.78, 5) is 47.5. The Morgan fingerprint density at radius 2 is 1.75 bits per heavy atom. The molecule has 184 valence electrons. The van der Waals surface area contributed by atoms with E-state index in [2.05, 4.69) is 15.7 Å². The van der Waals surface area contributed by atoms with E-state index in [9.17, 15) is 24.5 Å². The van der Waals surface area contributed by atoms with Gasteiger partial charge in [-0.25, -0.2) is 5.43 Å². The lowest BCUT2D eigenvalue weighted by Gasteiger charge is -2.11. The highest BCUT2D eigenvalue weighted by molar-refractivity contribution is 6.40. The van der Waals surface area contributed by atoms with Crippen LogP contribution in [-0.2, 0) is 9.59 Å². The van der Waals surface area contributed by atoms with Crippen LogP contribution < -0.4 is 20.8 Å². The molecule has 0 atom stereocenters. The molecule has 0 heterocycles. The predicted molar refractivity (Wildman–Crippen MR) is 134 cm³/mol. The summed E-state index contributed by atoms with van der Waals surface area (Å²) in [6.45, 7) is 2.38. The van der Waals surface area contributed by atoms with Crippen LogP contribution in [0, 0.1) is 10.1 Å². The van der Waals surface area contributed by atoms with Crippen LogP contribution in [0.4, 0.5) is 17.1 Å². The van der Waals surface area contributed by atoms with Crippen LogP contribution in [0.1, 0.15) is 22.8 Å². The third kappa shape index (κ3) is 6.87. The smallest absolute Gasteiger partial charge is 0.329 e. The van der Waals surface area contributed by atoms with Gasteiger partial charge in [-0.15, -0.1) is 0 Å². The van der Waals surface area contributed by atoms with Crippen molar-refractivity contribution in [2.45, 2.75) is 6.92 Å². The van der Waals surface area contributed by atoms with Crippen molar-refractivity contribution in [1.29, 1.82) is 0 Å². The SMILES string of the molecule is CCOc1ccc(NC(=O)c2ccccc2NC(=O)C(=O)N/N=C/c2ccc(Cl)c([N+](=O)[O-])c2)cc1. The Morgan fingerprint density at radius 1 is 1.03 bits per heavy atom. The van der Waals surface area contributed by atoms with Crippen LogP contribution in [0.25, 0.3) is 0 Å². The molecule has 0 aliphatic carbocycles. The zero-order valence-electron chi connectivity index (χ0n) is 18.9. The van der Waals surface area contributed by atoms with Gasteiger partial charge in [-0.05, 0) is 49.4 Å². The average molecular weight is 510 g/mol. The van der Waals surface area contributed by atoms with Crippen molar-refractivity contribution in [3.05, 3.63) is 93.0 Å². The molecule has 3 rings (SSSR count). The van der Waals surface area contributed by atoms with Crippen molar-refractivity contribution in [2.75, 3.05) is 17.2 Å². The van der Waals surface area contributed by atoms with Gasteiger partial charge in [-0.2, -0.15) is 5.10 Å². The standard InChI is InChI=1S/C24H20ClN5O6/c1-2-36-17-10-8-16(9-11-17)27-22(31)18-5-3-4-6-20(18)28-23(32)24(33)29-26-14-15-7-12-19(25)21(13-15)30(34)35/h3-14H,2H2,1H3,(H,27,31)(H,28,32)(H,29,33)/b26-14+. The number of benzene rings is 3. The normalized spacial score (nSPS) is 10.5. The molecule has 0 aromatic heterocycles. The number of rotatable bonds is 8. The maximum atomic E-state index is 12.8. The van der Waals surface area contributed by atoms with E-state index in [-0.39, 0.29) is 27.5 Å². The van der Waals surface area contributed by atoms with Crippen LogP contribution in [0.5, 0.6) is 5.75 Å². The lowest BCUT2D eigenvalue weighted by Crippen LogP contribution is -2.33. The summed E-state index contributed by atoms with van der Waals surface area (Å²) < 4.78 is 5.37. The number of amides is 3. The maximum Gasteiger partial charge on any atom is 0.329 e. The highest BCUT2D eigenvalue weighted by atomic mass is 35.5. The molecule has 0 fully saturated rings. The number of nitro groups is 1. The van der Waals surface area contributed by atoms with Crippen molar-refractivity contribution in [1.82, 2.24) is 5.43 Å². The molecule has 0 unspecified atom stereocenters. The zero-order valence-corrected chi connectivity index (χ0v) is 19.6. The fraction of sp³-hybridized carbons (Fsp3) is 0.0833. The molecule has 11 nitrogen and oxygen atoms in total. The van der Waals surface area contributed by atoms with Gasteiger partial charge < -0.3 is 15.4 Å². The third-order valence-corrected chi connectivity index (χ3v) is 4.92. The number of para-hydroxylation sites is 1. The minimum atomic E-state index is -1.11. The lowest BCUT2D eigenvalue weighted by atomic mass is 10.1. The van der Waals surface area contributed by atoms with Crippen LogP contribution >= 0.6 is 11.6 Å². The molecule has 0 saturated carbocycles. The predicted octanol–water partition coefficient (Wildman–Crippen LogP) is 3.99. The van der Waals surface area contributed by atoms with E-state index in [4.69, 9.17) is 16.3 Å². The summed E-state index contributed by atoms with van der Waals surface area (Å²) in [5.41, 5.74) is 2.73. The molecule has 3 aromatic rings.